The predicted octanol–water partition coefficient (Wildman–Crippen LogP) is -0.361. The summed E-state index contributed by atoms with van der Waals surface area (Å²) >= 11 is 0. The molecule has 1 aromatic rings. The van der Waals surface area contributed by atoms with E-state index >= 15 is 0 Å². The zero-order valence-corrected chi connectivity index (χ0v) is 15.3. The Morgan fingerprint density at radius 1 is 1.15 bits per heavy atom. The van der Waals surface area contributed by atoms with E-state index in [0.29, 0.717) is 32.8 Å². The van der Waals surface area contributed by atoms with Crippen LogP contribution in [0.1, 0.15) is 18.5 Å². The Morgan fingerprint density at radius 2 is 1.92 bits per heavy atom. The van der Waals surface area contributed by atoms with E-state index in [1.54, 1.807) is 18.9 Å². The lowest BCUT2D eigenvalue weighted by Crippen LogP contribution is -2.28. The minimum absolute atomic E-state index is 0.0198. The number of hydrogen-bond donors (Lipinski definition) is 0. The van der Waals surface area contributed by atoms with Gasteiger partial charge in [0.15, 0.2) is 0 Å². The topological polar surface area (TPSA) is 76.9 Å². The fraction of sp³-hybridized carbons (Fsp3) is 0.875. The molecule has 10 heteroatoms. The maximum absolute atomic E-state index is 5.89. The van der Waals surface area contributed by atoms with E-state index in [1.165, 1.54) is 0 Å². The highest BCUT2D eigenvalue weighted by molar-refractivity contribution is 6.11. The van der Waals surface area contributed by atoms with Crippen LogP contribution in [0.25, 0.3) is 0 Å². The third-order valence-corrected chi connectivity index (χ3v) is 4.81. The molecule has 0 spiro atoms. The SMILES string of the molecule is [B][C@H]1CC(Cn2cc(COC[C@H]3O[C@@H]([B])CC3OC)nn2)[C@@H](COC)O1. The molecule has 140 valence electrons. The predicted molar refractivity (Wildman–Crippen MR) is 93.9 cm³/mol. The first kappa shape index (κ1) is 19.8. The van der Waals surface area contributed by atoms with E-state index < -0.39 is 0 Å². The molecule has 0 N–H and O–H groups in total. The summed E-state index contributed by atoms with van der Waals surface area (Å²) in [5.74, 6) is 0.247. The van der Waals surface area contributed by atoms with Crippen LogP contribution < -0.4 is 0 Å². The molecule has 8 nitrogen and oxygen atoms in total. The molecule has 4 radical (unpaired) electrons. The number of rotatable bonds is 9. The minimum atomic E-state index is -0.297. The molecule has 26 heavy (non-hydrogen) atoms. The summed E-state index contributed by atoms with van der Waals surface area (Å²) in [6, 6.07) is -0.549. The summed E-state index contributed by atoms with van der Waals surface area (Å²) in [4.78, 5) is 0. The molecule has 3 rings (SSSR count). The van der Waals surface area contributed by atoms with Crippen LogP contribution in [-0.4, -0.2) is 88.4 Å². The van der Waals surface area contributed by atoms with Crippen molar-refractivity contribution in [1.82, 2.24) is 15.0 Å². The Kier molecular flexibility index (Phi) is 7.11. The van der Waals surface area contributed by atoms with Gasteiger partial charge in [0, 0.05) is 38.7 Å². The van der Waals surface area contributed by atoms with Gasteiger partial charge >= 0.3 is 0 Å². The Bertz CT molecular complexity index is 564. The molecular formula is C16H25B2N3O5. The average Bonchev–Trinajstić information content (AvgIpc) is 3.28. The summed E-state index contributed by atoms with van der Waals surface area (Å²) in [5.41, 5.74) is 0.757. The highest BCUT2D eigenvalue weighted by atomic mass is 16.6. The van der Waals surface area contributed by atoms with E-state index in [0.717, 1.165) is 12.1 Å². The Balaban J connectivity index is 1.44. The van der Waals surface area contributed by atoms with Crippen LogP contribution in [0.4, 0.5) is 0 Å². The molecule has 1 aromatic heterocycles. The van der Waals surface area contributed by atoms with Crippen molar-refractivity contribution in [3.63, 3.8) is 0 Å². The lowest BCUT2D eigenvalue weighted by molar-refractivity contribution is -0.0469. The fourth-order valence-corrected chi connectivity index (χ4v) is 3.53. The molecule has 0 aromatic carbocycles. The summed E-state index contributed by atoms with van der Waals surface area (Å²) < 4.78 is 29.3. The molecule has 0 amide bonds. The van der Waals surface area contributed by atoms with E-state index in [4.69, 9.17) is 39.4 Å². The lowest BCUT2D eigenvalue weighted by atomic mass is 9.91. The van der Waals surface area contributed by atoms with Crippen LogP contribution in [0.15, 0.2) is 6.20 Å². The van der Waals surface area contributed by atoms with Crippen LogP contribution in [-0.2, 0) is 36.8 Å². The summed E-state index contributed by atoms with van der Waals surface area (Å²) in [5, 5.41) is 8.32. The van der Waals surface area contributed by atoms with Gasteiger partial charge in [0.1, 0.15) is 27.5 Å². The summed E-state index contributed by atoms with van der Waals surface area (Å²) in [6.07, 6.45) is 3.12. The quantitative estimate of drug-likeness (QED) is 0.556. The normalized spacial score (nSPS) is 34.5. The summed E-state index contributed by atoms with van der Waals surface area (Å²) in [7, 11) is 15.0. The monoisotopic (exact) mass is 361 g/mol. The van der Waals surface area contributed by atoms with Crippen molar-refractivity contribution in [2.45, 2.75) is 56.3 Å². The van der Waals surface area contributed by atoms with Gasteiger partial charge in [0.25, 0.3) is 0 Å². The van der Waals surface area contributed by atoms with Crippen molar-refractivity contribution < 1.29 is 23.7 Å². The molecule has 2 aliphatic rings. The van der Waals surface area contributed by atoms with Gasteiger partial charge in [-0.15, -0.1) is 5.10 Å². The number of ether oxygens (including phenoxy) is 5. The number of hydrogen-bond acceptors (Lipinski definition) is 7. The minimum Gasteiger partial charge on any atom is -0.382 e. The molecule has 0 saturated carbocycles. The number of nitrogens with zero attached hydrogens (tertiary/aromatic N) is 3. The molecule has 6 atom stereocenters. The van der Waals surface area contributed by atoms with Crippen LogP contribution >= 0.6 is 0 Å². The van der Waals surface area contributed by atoms with Crippen molar-refractivity contribution in [2.75, 3.05) is 27.4 Å². The first-order valence-electron chi connectivity index (χ1n) is 8.89. The van der Waals surface area contributed by atoms with Gasteiger partial charge in [-0.2, -0.15) is 0 Å². The van der Waals surface area contributed by atoms with Gasteiger partial charge in [-0.1, -0.05) is 5.21 Å². The second kappa shape index (κ2) is 9.32. The van der Waals surface area contributed by atoms with E-state index in [1.807, 2.05) is 6.20 Å². The van der Waals surface area contributed by atoms with E-state index in [-0.39, 0.29) is 36.2 Å². The van der Waals surface area contributed by atoms with Crippen molar-refractivity contribution in [1.29, 1.82) is 0 Å². The lowest BCUT2D eigenvalue weighted by Gasteiger charge is -2.17. The largest absolute Gasteiger partial charge is 0.382 e. The Labute approximate surface area is 156 Å². The van der Waals surface area contributed by atoms with Crippen LogP contribution in [0.3, 0.4) is 0 Å². The van der Waals surface area contributed by atoms with Gasteiger partial charge < -0.3 is 23.7 Å². The van der Waals surface area contributed by atoms with Gasteiger partial charge in [-0.25, -0.2) is 0 Å². The van der Waals surface area contributed by atoms with Gasteiger partial charge in [-0.3, -0.25) is 4.68 Å². The van der Waals surface area contributed by atoms with E-state index in [9.17, 15) is 0 Å². The highest BCUT2D eigenvalue weighted by Crippen LogP contribution is 2.26. The van der Waals surface area contributed by atoms with Gasteiger partial charge in [-0.05, 0) is 12.8 Å². The maximum Gasteiger partial charge on any atom is 0.109 e. The van der Waals surface area contributed by atoms with Crippen molar-refractivity contribution in [3.8, 4) is 0 Å². The average molecular weight is 361 g/mol. The second-order valence-electron chi connectivity index (χ2n) is 6.83. The third-order valence-electron chi connectivity index (χ3n) is 4.81. The van der Waals surface area contributed by atoms with Crippen molar-refractivity contribution >= 4 is 15.7 Å². The molecule has 2 aliphatic heterocycles. The number of methoxy groups -OCH3 is 2. The molecule has 0 aliphatic carbocycles. The van der Waals surface area contributed by atoms with Crippen LogP contribution in [0.2, 0.25) is 0 Å². The summed E-state index contributed by atoms with van der Waals surface area (Å²) in [6.45, 7) is 1.96. The first-order chi connectivity index (χ1) is 12.6. The maximum atomic E-state index is 5.89. The molecule has 2 fully saturated rings. The van der Waals surface area contributed by atoms with Gasteiger partial charge in [0.2, 0.25) is 0 Å². The first-order valence-corrected chi connectivity index (χ1v) is 8.89. The zero-order valence-electron chi connectivity index (χ0n) is 15.3. The van der Waals surface area contributed by atoms with Crippen molar-refractivity contribution in [3.05, 3.63) is 11.9 Å². The molecule has 3 heterocycles. The zero-order chi connectivity index (χ0) is 18.5. The molecule has 2 unspecified atom stereocenters. The number of aromatic nitrogens is 3. The van der Waals surface area contributed by atoms with Crippen LogP contribution in [0, 0.1) is 5.92 Å². The second-order valence-corrected chi connectivity index (χ2v) is 6.83. The van der Waals surface area contributed by atoms with Crippen molar-refractivity contribution in [2.24, 2.45) is 5.92 Å². The highest BCUT2D eigenvalue weighted by Gasteiger charge is 2.34. The molecule has 0 bridgehead atoms. The van der Waals surface area contributed by atoms with Gasteiger partial charge in [0.05, 0.1) is 38.2 Å². The smallest absolute Gasteiger partial charge is 0.109 e. The Hall–Kier alpha value is -0.930. The van der Waals surface area contributed by atoms with E-state index in [2.05, 4.69) is 10.3 Å². The fourth-order valence-electron chi connectivity index (χ4n) is 3.53. The molecule has 2 saturated heterocycles. The molecular weight excluding hydrogens is 336 g/mol. The third kappa shape index (κ3) is 5.07. The Morgan fingerprint density at radius 3 is 2.69 bits per heavy atom. The standard InChI is InChI=1S/C16H25B2N3O5/c1-22-8-13-10(3-15(17)25-13)5-21-6-11(19-20-21)7-24-9-14-12(23-2)4-16(18)26-14/h6,10,12-16H,3-5,7-9H2,1-2H3/t10?,12?,13-,14-,15-,16-/m1/s1. The van der Waals surface area contributed by atoms with Crippen LogP contribution in [0.5, 0.6) is 0 Å².